The quantitative estimate of drug-likeness (QED) is 0.603. The van der Waals surface area contributed by atoms with Crippen molar-refractivity contribution in [2.75, 3.05) is 18.5 Å². The smallest absolute Gasteiger partial charge is 0.337 e. The molecule has 2 heterocycles. The summed E-state index contributed by atoms with van der Waals surface area (Å²) in [4.78, 5) is 16.2. The van der Waals surface area contributed by atoms with Gasteiger partial charge in [0, 0.05) is 39.7 Å². The van der Waals surface area contributed by atoms with Crippen LogP contribution in [0.4, 0.5) is 11.4 Å². The molecule has 7 heteroatoms. The van der Waals surface area contributed by atoms with Gasteiger partial charge >= 0.3 is 5.97 Å². The van der Waals surface area contributed by atoms with E-state index in [0.717, 1.165) is 28.6 Å². The van der Waals surface area contributed by atoms with Gasteiger partial charge in [0.1, 0.15) is 0 Å². The fourth-order valence-corrected chi connectivity index (χ4v) is 3.69. The first-order valence-electron chi connectivity index (χ1n) is 8.48. The Morgan fingerprint density at radius 2 is 1.96 bits per heavy atom. The summed E-state index contributed by atoms with van der Waals surface area (Å²) in [6.45, 7) is 1.30. The van der Waals surface area contributed by atoms with Crippen LogP contribution < -0.4 is 5.32 Å². The van der Waals surface area contributed by atoms with E-state index < -0.39 is 5.97 Å². The van der Waals surface area contributed by atoms with Gasteiger partial charge in [-0.05, 0) is 42.8 Å². The van der Waals surface area contributed by atoms with E-state index in [-0.39, 0.29) is 11.5 Å². The maximum atomic E-state index is 11.7. The Bertz CT molecular complexity index is 1030. The molecule has 2 N–H and O–H groups in total. The SMILES string of the molecule is O=C(O)c1cc(Cl)ccc1Nc1c(C2CCOC2)cnc2ccc(Cl)cc12. The third-order valence-electron chi connectivity index (χ3n) is 4.70. The zero-order chi connectivity index (χ0) is 19.0. The van der Waals surface area contributed by atoms with Crippen LogP contribution in [0.2, 0.25) is 10.0 Å². The van der Waals surface area contributed by atoms with E-state index >= 15 is 0 Å². The van der Waals surface area contributed by atoms with Gasteiger partial charge in [-0.3, -0.25) is 4.98 Å². The number of ether oxygens (including phenoxy) is 1. The van der Waals surface area contributed by atoms with E-state index in [1.165, 1.54) is 6.07 Å². The fourth-order valence-electron chi connectivity index (χ4n) is 3.35. The highest BCUT2D eigenvalue weighted by Gasteiger charge is 2.24. The highest BCUT2D eigenvalue weighted by Crippen LogP contribution is 2.38. The van der Waals surface area contributed by atoms with Crippen LogP contribution in [-0.2, 0) is 4.74 Å². The van der Waals surface area contributed by atoms with Crippen molar-refractivity contribution in [3.8, 4) is 0 Å². The average molecular weight is 403 g/mol. The molecule has 1 saturated heterocycles. The second-order valence-corrected chi connectivity index (χ2v) is 7.30. The van der Waals surface area contributed by atoms with Crippen molar-refractivity contribution >= 4 is 51.4 Å². The van der Waals surface area contributed by atoms with E-state index in [1.807, 2.05) is 18.3 Å². The lowest BCUT2D eigenvalue weighted by Gasteiger charge is -2.19. The van der Waals surface area contributed by atoms with Crippen LogP contribution in [0, 0.1) is 0 Å². The number of fused-ring (bicyclic) bond motifs is 1. The van der Waals surface area contributed by atoms with Crippen molar-refractivity contribution in [3.05, 3.63) is 63.8 Å². The predicted molar refractivity (Wildman–Crippen MR) is 107 cm³/mol. The zero-order valence-corrected chi connectivity index (χ0v) is 15.7. The Hall–Kier alpha value is -2.34. The standard InChI is InChI=1S/C20H16Cl2N2O3/c21-12-1-3-17-14(7-12)19(16(9-23-17)11-5-6-27-10-11)24-18-4-2-13(22)8-15(18)20(25)26/h1-4,7-9,11H,5-6,10H2,(H,23,24)(H,25,26). The Morgan fingerprint density at radius 3 is 2.70 bits per heavy atom. The Balaban J connectivity index is 1.90. The largest absolute Gasteiger partial charge is 0.478 e. The van der Waals surface area contributed by atoms with Gasteiger partial charge in [0.2, 0.25) is 0 Å². The van der Waals surface area contributed by atoms with E-state index in [0.29, 0.717) is 28.9 Å². The monoisotopic (exact) mass is 402 g/mol. The topological polar surface area (TPSA) is 71.5 Å². The van der Waals surface area contributed by atoms with Crippen LogP contribution in [0.5, 0.6) is 0 Å². The van der Waals surface area contributed by atoms with Crippen molar-refractivity contribution in [1.29, 1.82) is 0 Å². The fraction of sp³-hybridized carbons (Fsp3) is 0.200. The number of benzene rings is 2. The maximum absolute atomic E-state index is 11.7. The molecule has 1 aliphatic rings. The number of anilines is 2. The molecule has 4 rings (SSSR count). The molecule has 0 bridgehead atoms. The summed E-state index contributed by atoms with van der Waals surface area (Å²) in [5.41, 5.74) is 3.11. The van der Waals surface area contributed by atoms with Crippen LogP contribution in [0.1, 0.15) is 28.3 Å². The number of aromatic nitrogens is 1. The molecule has 1 atom stereocenters. The molecule has 0 spiro atoms. The van der Waals surface area contributed by atoms with Gasteiger partial charge in [0.05, 0.1) is 29.1 Å². The number of pyridine rings is 1. The molecule has 0 amide bonds. The molecule has 5 nitrogen and oxygen atoms in total. The van der Waals surface area contributed by atoms with E-state index in [1.54, 1.807) is 18.2 Å². The first-order valence-corrected chi connectivity index (χ1v) is 9.24. The number of nitrogens with one attached hydrogen (secondary N) is 1. The third-order valence-corrected chi connectivity index (χ3v) is 5.17. The Kier molecular flexibility index (Phi) is 4.91. The summed E-state index contributed by atoms with van der Waals surface area (Å²) in [7, 11) is 0. The van der Waals surface area contributed by atoms with Gasteiger partial charge in [0.15, 0.2) is 0 Å². The molecular weight excluding hydrogens is 387 g/mol. The number of carboxylic acid groups (broad SMARTS) is 1. The number of carbonyl (C=O) groups is 1. The van der Waals surface area contributed by atoms with Crippen LogP contribution in [0.3, 0.4) is 0 Å². The van der Waals surface area contributed by atoms with Crippen LogP contribution in [0.25, 0.3) is 10.9 Å². The first kappa shape index (κ1) is 18.0. The van der Waals surface area contributed by atoms with Crippen molar-refractivity contribution < 1.29 is 14.6 Å². The maximum Gasteiger partial charge on any atom is 0.337 e. The summed E-state index contributed by atoms with van der Waals surface area (Å²) >= 11 is 12.2. The molecule has 27 heavy (non-hydrogen) atoms. The molecule has 2 aromatic carbocycles. The number of aromatic carboxylic acids is 1. The van der Waals surface area contributed by atoms with E-state index in [2.05, 4.69) is 10.3 Å². The summed E-state index contributed by atoms with van der Waals surface area (Å²) in [5, 5.41) is 14.6. The molecule has 0 radical (unpaired) electrons. The molecule has 1 aliphatic heterocycles. The van der Waals surface area contributed by atoms with Gasteiger partial charge < -0.3 is 15.2 Å². The minimum atomic E-state index is -1.05. The van der Waals surface area contributed by atoms with Gasteiger partial charge in [-0.25, -0.2) is 4.79 Å². The molecular formula is C20H16Cl2N2O3. The van der Waals surface area contributed by atoms with Crippen molar-refractivity contribution in [1.82, 2.24) is 4.98 Å². The van der Waals surface area contributed by atoms with E-state index in [4.69, 9.17) is 27.9 Å². The molecule has 1 aromatic heterocycles. The molecule has 3 aromatic rings. The van der Waals surface area contributed by atoms with Crippen LogP contribution >= 0.6 is 23.2 Å². The normalized spacial score (nSPS) is 16.6. The first-order chi connectivity index (χ1) is 13.0. The number of hydrogen-bond donors (Lipinski definition) is 2. The lowest BCUT2D eigenvalue weighted by molar-refractivity contribution is 0.0698. The van der Waals surface area contributed by atoms with Crippen molar-refractivity contribution in [2.24, 2.45) is 0 Å². The molecule has 0 aliphatic carbocycles. The van der Waals surface area contributed by atoms with Crippen molar-refractivity contribution in [2.45, 2.75) is 12.3 Å². The Morgan fingerprint density at radius 1 is 1.19 bits per heavy atom. The lowest BCUT2D eigenvalue weighted by Crippen LogP contribution is -2.08. The summed E-state index contributed by atoms with van der Waals surface area (Å²) in [6.07, 6.45) is 2.71. The average Bonchev–Trinajstić information content (AvgIpc) is 3.17. The minimum Gasteiger partial charge on any atom is -0.478 e. The predicted octanol–water partition coefficient (Wildman–Crippen LogP) is 5.49. The van der Waals surface area contributed by atoms with Crippen molar-refractivity contribution in [3.63, 3.8) is 0 Å². The molecule has 1 unspecified atom stereocenters. The van der Waals surface area contributed by atoms with Gasteiger partial charge in [-0.15, -0.1) is 0 Å². The summed E-state index contributed by atoms with van der Waals surface area (Å²) in [6, 6.07) is 10.2. The van der Waals surface area contributed by atoms with Crippen LogP contribution in [-0.4, -0.2) is 29.3 Å². The number of halogens is 2. The van der Waals surface area contributed by atoms with Crippen LogP contribution in [0.15, 0.2) is 42.6 Å². The van der Waals surface area contributed by atoms with Gasteiger partial charge in [-0.1, -0.05) is 23.2 Å². The summed E-state index contributed by atoms with van der Waals surface area (Å²) < 4.78 is 5.54. The molecule has 0 saturated carbocycles. The Labute approximate surface area is 165 Å². The highest BCUT2D eigenvalue weighted by atomic mass is 35.5. The van der Waals surface area contributed by atoms with Gasteiger partial charge in [0.25, 0.3) is 0 Å². The molecule has 138 valence electrons. The minimum absolute atomic E-state index is 0.100. The second-order valence-electron chi connectivity index (χ2n) is 6.43. The molecule has 1 fully saturated rings. The second kappa shape index (κ2) is 7.35. The number of carboxylic acids is 1. The zero-order valence-electron chi connectivity index (χ0n) is 14.2. The summed E-state index contributed by atoms with van der Waals surface area (Å²) in [5.74, 6) is -0.869. The van der Waals surface area contributed by atoms with E-state index in [9.17, 15) is 9.90 Å². The third kappa shape index (κ3) is 3.58. The number of rotatable bonds is 4. The van der Waals surface area contributed by atoms with Gasteiger partial charge in [-0.2, -0.15) is 0 Å². The highest BCUT2D eigenvalue weighted by molar-refractivity contribution is 6.31. The number of hydrogen-bond acceptors (Lipinski definition) is 4. The number of nitrogens with zero attached hydrogens (tertiary/aromatic N) is 1. The lowest BCUT2D eigenvalue weighted by atomic mass is 9.96.